The van der Waals surface area contributed by atoms with Gasteiger partial charge in [-0.3, -0.25) is 0 Å². The SMILES string of the molecule is CCCOc1ccnc(NCCCOCCCl)n1. The molecule has 1 N–H and O–H groups in total. The van der Waals surface area contributed by atoms with Crippen LogP contribution in [0.5, 0.6) is 5.88 Å². The Bertz CT molecular complexity index is 326. The number of halogens is 1. The average Bonchev–Trinajstić information content (AvgIpc) is 2.41. The van der Waals surface area contributed by atoms with E-state index < -0.39 is 0 Å². The van der Waals surface area contributed by atoms with Gasteiger partial charge in [-0.15, -0.1) is 11.6 Å². The van der Waals surface area contributed by atoms with E-state index >= 15 is 0 Å². The molecule has 18 heavy (non-hydrogen) atoms. The maximum Gasteiger partial charge on any atom is 0.225 e. The predicted molar refractivity (Wildman–Crippen MR) is 72.5 cm³/mol. The van der Waals surface area contributed by atoms with Gasteiger partial charge < -0.3 is 14.8 Å². The average molecular weight is 274 g/mol. The van der Waals surface area contributed by atoms with Crippen LogP contribution < -0.4 is 10.1 Å². The molecule has 5 nitrogen and oxygen atoms in total. The third-order valence-electron chi connectivity index (χ3n) is 2.05. The van der Waals surface area contributed by atoms with Crippen LogP contribution in [0.1, 0.15) is 19.8 Å². The van der Waals surface area contributed by atoms with Crippen molar-refractivity contribution in [2.24, 2.45) is 0 Å². The van der Waals surface area contributed by atoms with E-state index in [0.29, 0.717) is 37.5 Å². The Morgan fingerprint density at radius 2 is 2.22 bits per heavy atom. The molecule has 0 aromatic carbocycles. The zero-order chi connectivity index (χ0) is 13.1. The summed E-state index contributed by atoms with van der Waals surface area (Å²) < 4.78 is 10.7. The van der Waals surface area contributed by atoms with Gasteiger partial charge >= 0.3 is 0 Å². The van der Waals surface area contributed by atoms with E-state index in [9.17, 15) is 0 Å². The minimum Gasteiger partial charge on any atom is -0.478 e. The van der Waals surface area contributed by atoms with Crippen molar-refractivity contribution in [1.29, 1.82) is 0 Å². The molecule has 1 aromatic heterocycles. The molecule has 6 heteroatoms. The molecule has 0 spiro atoms. The predicted octanol–water partition coefficient (Wildman–Crippen LogP) is 2.32. The van der Waals surface area contributed by atoms with Crippen molar-refractivity contribution in [2.75, 3.05) is 37.6 Å². The highest BCUT2D eigenvalue weighted by molar-refractivity contribution is 6.17. The second kappa shape index (κ2) is 9.91. The third-order valence-corrected chi connectivity index (χ3v) is 2.21. The quantitative estimate of drug-likeness (QED) is 0.524. The number of alkyl halides is 1. The van der Waals surface area contributed by atoms with E-state index in [1.165, 1.54) is 0 Å². The molecule has 0 aliphatic rings. The molecule has 1 aromatic rings. The molecule has 0 saturated heterocycles. The molecule has 0 unspecified atom stereocenters. The number of nitrogens with zero attached hydrogens (tertiary/aromatic N) is 2. The Morgan fingerprint density at radius 3 is 3.00 bits per heavy atom. The highest BCUT2D eigenvalue weighted by Gasteiger charge is 1.99. The van der Waals surface area contributed by atoms with Gasteiger partial charge in [0.25, 0.3) is 0 Å². The first kappa shape index (κ1) is 15.0. The van der Waals surface area contributed by atoms with Crippen molar-refractivity contribution < 1.29 is 9.47 Å². The minimum atomic E-state index is 0.535. The molecule has 0 aliphatic heterocycles. The fourth-order valence-corrected chi connectivity index (χ4v) is 1.35. The van der Waals surface area contributed by atoms with Gasteiger partial charge in [0.05, 0.1) is 13.2 Å². The first-order valence-electron chi connectivity index (χ1n) is 6.20. The Kier molecular flexibility index (Phi) is 8.25. The number of anilines is 1. The molecular weight excluding hydrogens is 254 g/mol. The summed E-state index contributed by atoms with van der Waals surface area (Å²) in [4.78, 5) is 8.36. The Balaban J connectivity index is 2.20. The molecule has 0 amide bonds. The van der Waals surface area contributed by atoms with Gasteiger partial charge in [0, 0.05) is 31.3 Å². The van der Waals surface area contributed by atoms with Gasteiger partial charge in [-0.2, -0.15) is 4.98 Å². The number of rotatable bonds is 10. The fraction of sp³-hybridized carbons (Fsp3) is 0.667. The lowest BCUT2D eigenvalue weighted by Gasteiger charge is -2.07. The fourth-order valence-electron chi connectivity index (χ4n) is 1.25. The summed E-state index contributed by atoms with van der Waals surface area (Å²) in [6.07, 6.45) is 3.54. The molecule has 0 atom stereocenters. The van der Waals surface area contributed by atoms with Crippen LogP contribution in [0.4, 0.5) is 5.95 Å². The molecular formula is C12H20ClN3O2. The van der Waals surface area contributed by atoms with Crippen LogP contribution >= 0.6 is 11.6 Å². The zero-order valence-electron chi connectivity index (χ0n) is 10.7. The first-order chi connectivity index (χ1) is 8.86. The maximum absolute atomic E-state index is 5.49. The largest absolute Gasteiger partial charge is 0.478 e. The van der Waals surface area contributed by atoms with E-state index in [1.54, 1.807) is 12.3 Å². The van der Waals surface area contributed by atoms with Gasteiger partial charge in [-0.1, -0.05) is 6.92 Å². The maximum atomic E-state index is 5.49. The molecule has 0 radical (unpaired) electrons. The minimum absolute atomic E-state index is 0.535. The number of hydrogen-bond donors (Lipinski definition) is 1. The van der Waals surface area contributed by atoms with E-state index in [4.69, 9.17) is 21.1 Å². The van der Waals surface area contributed by atoms with Crippen LogP contribution in [-0.2, 0) is 4.74 Å². The number of nitrogens with one attached hydrogen (secondary N) is 1. The molecule has 0 saturated carbocycles. The first-order valence-corrected chi connectivity index (χ1v) is 6.73. The smallest absolute Gasteiger partial charge is 0.225 e. The second-order valence-electron chi connectivity index (χ2n) is 3.65. The monoisotopic (exact) mass is 273 g/mol. The normalized spacial score (nSPS) is 10.3. The molecule has 1 rings (SSSR count). The summed E-state index contributed by atoms with van der Waals surface area (Å²) in [5.41, 5.74) is 0. The standard InChI is InChI=1S/C12H20ClN3O2/c1-2-8-18-11-4-7-15-12(16-11)14-6-3-9-17-10-5-13/h4,7H,2-3,5-6,8-10H2,1H3,(H,14,15,16). The highest BCUT2D eigenvalue weighted by Crippen LogP contribution is 2.08. The van der Waals surface area contributed by atoms with Crippen LogP contribution in [0.25, 0.3) is 0 Å². The van der Waals surface area contributed by atoms with Crippen molar-refractivity contribution >= 4 is 17.5 Å². The second-order valence-corrected chi connectivity index (χ2v) is 4.03. The van der Waals surface area contributed by atoms with Crippen molar-refractivity contribution in [3.8, 4) is 5.88 Å². The summed E-state index contributed by atoms with van der Waals surface area (Å²) >= 11 is 5.49. The summed E-state index contributed by atoms with van der Waals surface area (Å²) in [7, 11) is 0. The van der Waals surface area contributed by atoms with Crippen LogP contribution in [-0.4, -0.2) is 42.2 Å². The summed E-state index contributed by atoms with van der Waals surface area (Å²) in [5, 5.41) is 3.12. The topological polar surface area (TPSA) is 56.3 Å². The van der Waals surface area contributed by atoms with E-state index in [2.05, 4.69) is 22.2 Å². The van der Waals surface area contributed by atoms with Crippen molar-refractivity contribution in [3.05, 3.63) is 12.3 Å². The van der Waals surface area contributed by atoms with Crippen LogP contribution in [0, 0.1) is 0 Å². The lowest BCUT2D eigenvalue weighted by atomic mass is 10.4. The number of hydrogen-bond acceptors (Lipinski definition) is 5. The number of aromatic nitrogens is 2. The lowest BCUT2D eigenvalue weighted by Crippen LogP contribution is -2.09. The number of ether oxygens (including phenoxy) is 2. The Labute approximate surface area is 113 Å². The molecule has 0 aliphatic carbocycles. The summed E-state index contributed by atoms with van der Waals surface area (Å²) in [5.74, 6) is 1.72. The Morgan fingerprint density at radius 1 is 1.33 bits per heavy atom. The van der Waals surface area contributed by atoms with Crippen molar-refractivity contribution in [3.63, 3.8) is 0 Å². The van der Waals surface area contributed by atoms with Gasteiger partial charge in [0.15, 0.2) is 0 Å². The summed E-state index contributed by atoms with van der Waals surface area (Å²) in [6, 6.07) is 1.75. The molecule has 1 heterocycles. The van der Waals surface area contributed by atoms with Crippen molar-refractivity contribution in [2.45, 2.75) is 19.8 Å². The van der Waals surface area contributed by atoms with Gasteiger partial charge in [0.2, 0.25) is 11.8 Å². The van der Waals surface area contributed by atoms with Crippen LogP contribution in [0.3, 0.4) is 0 Å². The van der Waals surface area contributed by atoms with Gasteiger partial charge in [-0.25, -0.2) is 4.98 Å². The third kappa shape index (κ3) is 6.61. The van der Waals surface area contributed by atoms with E-state index in [-0.39, 0.29) is 0 Å². The zero-order valence-corrected chi connectivity index (χ0v) is 11.4. The van der Waals surface area contributed by atoms with E-state index in [0.717, 1.165) is 19.4 Å². The van der Waals surface area contributed by atoms with E-state index in [1.807, 2.05) is 0 Å². The van der Waals surface area contributed by atoms with Crippen LogP contribution in [0.15, 0.2) is 12.3 Å². The van der Waals surface area contributed by atoms with Gasteiger partial charge in [-0.05, 0) is 12.8 Å². The van der Waals surface area contributed by atoms with Gasteiger partial charge in [0.1, 0.15) is 0 Å². The van der Waals surface area contributed by atoms with Crippen molar-refractivity contribution in [1.82, 2.24) is 9.97 Å². The molecule has 0 fully saturated rings. The van der Waals surface area contributed by atoms with Crippen LogP contribution in [0.2, 0.25) is 0 Å². The lowest BCUT2D eigenvalue weighted by molar-refractivity contribution is 0.149. The summed E-state index contributed by atoms with van der Waals surface area (Å²) in [6.45, 7) is 4.77. The molecule has 102 valence electrons. The highest BCUT2D eigenvalue weighted by atomic mass is 35.5. The Hall–Kier alpha value is -1.07. The molecule has 0 bridgehead atoms.